The van der Waals surface area contributed by atoms with Crippen LogP contribution in [0.2, 0.25) is 0 Å². The molecular formula is C5H8NS. The number of nitrogens with zero attached hydrogens (tertiary/aromatic N) is 1. The molecule has 0 spiro atoms. The highest BCUT2D eigenvalue weighted by atomic mass is 32.1. The molecular weight excluding hydrogens is 106 g/mol. The van der Waals surface area contributed by atoms with Gasteiger partial charge in [0.05, 0.1) is 4.99 Å². The Labute approximate surface area is 49.1 Å². The average Bonchev–Trinajstić information content (AvgIpc) is 1.69. The van der Waals surface area contributed by atoms with Crippen LogP contribution in [-0.4, -0.2) is 11.5 Å². The van der Waals surface area contributed by atoms with Gasteiger partial charge < -0.3 is 0 Å². The van der Waals surface area contributed by atoms with Crippen LogP contribution in [0.1, 0.15) is 19.3 Å². The van der Waals surface area contributed by atoms with Gasteiger partial charge in [-0.1, -0.05) is 12.2 Å². The van der Waals surface area contributed by atoms with Gasteiger partial charge in [-0.3, -0.25) is 5.32 Å². The van der Waals surface area contributed by atoms with Crippen LogP contribution in [0.25, 0.3) is 0 Å². The topological polar surface area (TPSA) is 14.1 Å². The van der Waals surface area contributed by atoms with Gasteiger partial charge in [0.25, 0.3) is 0 Å². The van der Waals surface area contributed by atoms with Crippen molar-refractivity contribution in [2.45, 2.75) is 19.3 Å². The van der Waals surface area contributed by atoms with Gasteiger partial charge in [0.1, 0.15) is 0 Å². The van der Waals surface area contributed by atoms with Gasteiger partial charge in [0, 0.05) is 6.54 Å². The molecule has 1 aliphatic rings. The van der Waals surface area contributed by atoms with E-state index in [1.807, 2.05) is 0 Å². The first kappa shape index (κ1) is 5.04. The Morgan fingerprint density at radius 1 is 1.43 bits per heavy atom. The molecule has 1 radical (unpaired) electrons. The smallest absolute Gasteiger partial charge is 0.0974 e. The summed E-state index contributed by atoms with van der Waals surface area (Å²) in [5.74, 6) is 0. The van der Waals surface area contributed by atoms with E-state index in [1.54, 1.807) is 0 Å². The van der Waals surface area contributed by atoms with Crippen molar-refractivity contribution in [2.75, 3.05) is 6.54 Å². The molecule has 0 N–H and O–H groups in total. The van der Waals surface area contributed by atoms with Crippen molar-refractivity contribution < 1.29 is 0 Å². The molecule has 0 aromatic rings. The molecule has 0 bridgehead atoms. The van der Waals surface area contributed by atoms with E-state index in [4.69, 9.17) is 12.2 Å². The normalized spacial score (nSPS) is 21.4. The maximum Gasteiger partial charge on any atom is 0.0974 e. The molecule has 1 aliphatic heterocycles. The van der Waals surface area contributed by atoms with Crippen LogP contribution < -0.4 is 5.32 Å². The molecule has 1 rings (SSSR count). The molecule has 0 atom stereocenters. The van der Waals surface area contributed by atoms with E-state index in [0.29, 0.717) is 0 Å². The fraction of sp³-hybridized carbons (Fsp3) is 0.800. The summed E-state index contributed by atoms with van der Waals surface area (Å²) < 4.78 is 0. The lowest BCUT2D eigenvalue weighted by molar-refractivity contribution is 0.672. The van der Waals surface area contributed by atoms with Crippen LogP contribution in [-0.2, 0) is 0 Å². The molecule has 7 heavy (non-hydrogen) atoms. The van der Waals surface area contributed by atoms with E-state index in [1.165, 1.54) is 12.8 Å². The van der Waals surface area contributed by atoms with E-state index < -0.39 is 0 Å². The van der Waals surface area contributed by atoms with Crippen molar-refractivity contribution in [1.29, 1.82) is 0 Å². The molecule has 1 saturated heterocycles. The highest BCUT2D eigenvalue weighted by Crippen LogP contribution is 2.02. The van der Waals surface area contributed by atoms with Gasteiger partial charge in [0.2, 0.25) is 0 Å². The van der Waals surface area contributed by atoms with Gasteiger partial charge in [-0.15, -0.1) is 0 Å². The second kappa shape index (κ2) is 2.26. The van der Waals surface area contributed by atoms with Crippen LogP contribution in [0, 0.1) is 0 Å². The minimum absolute atomic E-state index is 0.922. The number of thiocarbonyl (C=S) groups is 1. The Kier molecular flexibility index (Phi) is 1.63. The summed E-state index contributed by atoms with van der Waals surface area (Å²) in [5.41, 5.74) is 0. The maximum atomic E-state index is 4.84. The summed E-state index contributed by atoms with van der Waals surface area (Å²) in [6.07, 6.45) is 3.54. The summed E-state index contributed by atoms with van der Waals surface area (Å²) in [7, 11) is 0. The zero-order valence-electron chi connectivity index (χ0n) is 4.18. The summed E-state index contributed by atoms with van der Waals surface area (Å²) in [5, 5.41) is 4.06. The van der Waals surface area contributed by atoms with Crippen molar-refractivity contribution >= 4 is 17.2 Å². The van der Waals surface area contributed by atoms with Gasteiger partial charge in [-0.2, -0.15) is 0 Å². The lowest BCUT2D eigenvalue weighted by Gasteiger charge is -2.08. The van der Waals surface area contributed by atoms with Crippen molar-refractivity contribution in [3.8, 4) is 0 Å². The zero-order valence-corrected chi connectivity index (χ0v) is 5.00. The summed E-state index contributed by atoms with van der Waals surface area (Å²) >= 11 is 4.84. The first-order valence-corrected chi connectivity index (χ1v) is 3.01. The third-order valence-electron chi connectivity index (χ3n) is 1.09. The van der Waals surface area contributed by atoms with Crippen LogP contribution in [0.5, 0.6) is 0 Å². The number of hydrogen-bond donors (Lipinski definition) is 0. The molecule has 1 heterocycles. The SMILES string of the molecule is S=C1CCCC[N]1. The predicted molar refractivity (Wildman–Crippen MR) is 33.4 cm³/mol. The van der Waals surface area contributed by atoms with E-state index in [0.717, 1.165) is 18.0 Å². The summed E-state index contributed by atoms with van der Waals surface area (Å²) in [6, 6.07) is 0. The fourth-order valence-electron chi connectivity index (χ4n) is 0.671. The first-order valence-electron chi connectivity index (χ1n) is 2.60. The highest BCUT2D eigenvalue weighted by Gasteiger charge is 2.02. The first-order chi connectivity index (χ1) is 3.39. The van der Waals surface area contributed by atoms with E-state index in [9.17, 15) is 0 Å². The molecule has 39 valence electrons. The van der Waals surface area contributed by atoms with E-state index in [2.05, 4.69) is 5.32 Å². The number of piperidine rings is 1. The fourth-order valence-corrected chi connectivity index (χ4v) is 0.906. The quantitative estimate of drug-likeness (QED) is 0.430. The van der Waals surface area contributed by atoms with Crippen LogP contribution >= 0.6 is 12.2 Å². The van der Waals surface area contributed by atoms with Crippen LogP contribution in [0.15, 0.2) is 0 Å². The molecule has 0 aliphatic carbocycles. The zero-order chi connectivity index (χ0) is 5.11. The third kappa shape index (κ3) is 1.43. The molecule has 0 amide bonds. The Balaban J connectivity index is 2.25. The molecule has 0 unspecified atom stereocenters. The molecule has 0 aromatic carbocycles. The Hall–Kier alpha value is -0.110. The van der Waals surface area contributed by atoms with Gasteiger partial charge in [-0.05, 0) is 19.3 Å². The highest BCUT2D eigenvalue weighted by molar-refractivity contribution is 7.80. The van der Waals surface area contributed by atoms with E-state index in [-0.39, 0.29) is 0 Å². The van der Waals surface area contributed by atoms with Gasteiger partial charge >= 0.3 is 0 Å². The van der Waals surface area contributed by atoms with Crippen LogP contribution in [0.3, 0.4) is 0 Å². The molecule has 1 nitrogen and oxygen atoms in total. The van der Waals surface area contributed by atoms with Crippen LogP contribution in [0.4, 0.5) is 0 Å². The van der Waals surface area contributed by atoms with Crippen molar-refractivity contribution in [2.24, 2.45) is 0 Å². The second-order valence-corrected chi connectivity index (χ2v) is 2.20. The third-order valence-corrected chi connectivity index (χ3v) is 1.42. The van der Waals surface area contributed by atoms with Crippen molar-refractivity contribution in [1.82, 2.24) is 5.32 Å². The Morgan fingerprint density at radius 2 is 2.29 bits per heavy atom. The van der Waals surface area contributed by atoms with Crippen molar-refractivity contribution in [3.05, 3.63) is 0 Å². The molecule has 1 fully saturated rings. The lowest BCUT2D eigenvalue weighted by Crippen LogP contribution is -2.19. The molecule has 2 heteroatoms. The monoisotopic (exact) mass is 114 g/mol. The maximum absolute atomic E-state index is 4.84. The average molecular weight is 114 g/mol. The summed E-state index contributed by atoms with van der Waals surface area (Å²) in [4.78, 5) is 0.922. The minimum atomic E-state index is 0.922. The van der Waals surface area contributed by atoms with Gasteiger partial charge in [0.15, 0.2) is 0 Å². The summed E-state index contributed by atoms with van der Waals surface area (Å²) in [6.45, 7) is 0.971. The second-order valence-electron chi connectivity index (χ2n) is 1.73. The molecule has 0 aromatic heterocycles. The Bertz CT molecular complexity index is 72.1. The predicted octanol–water partition coefficient (Wildman–Crippen LogP) is 1.10. The van der Waals surface area contributed by atoms with Gasteiger partial charge in [-0.25, -0.2) is 0 Å². The minimum Gasteiger partial charge on any atom is -0.278 e. The number of rotatable bonds is 0. The largest absolute Gasteiger partial charge is 0.278 e. The Morgan fingerprint density at radius 3 is 2.57 bits per heavy atom. The standard InChI is InChI=1S/C5H8NS/c7-5-3-1-2-4-6-5/h1-4H2. The molecule has 0 saturated carbocycles. The van der Waals surface area contributed by atoms with E-state index >= 15 is 0 Å². The number of hydrogen-bond acceptors (Lipinski definition) is 1. The lowest BCUT2D eigenvalue weighted by atomic mass is 10.2. The van der Waals surface area contributed by atoms with Crippen molar-refractivity contribution in [3.63, 3.8) is 0 Å².